The highest BCUT2D eigenvalue weighted by atomic mass is 79.9. The number of nitrogens with zero attached hydrogens (tertiary/aromatic N) is 2. The van der Waals surface area contributed by atoms with Crippen LogP contribution in [0.25, 0.3) is 0 Å². The molecule has 0 saturated heterocycles. The van der Waals surface area contributed by atoms with Crippen LogP contribution < -0.4 is 11.1 Å². The highest BCUT2D eigenvalue weighted by Gasteiger charge is 2.29. The van der Waals surface area contributed by atoms with E-state index in [4.69, 9.17) is 10.5 Å². The quantitative estimate of drug-likeness (QED) is 0.826. The van der Waals surface area contributed by atoms with Crippen LogP contribution in [0.5, 0.6) is 0 Å². The minimum Gasteiger partial charge on any atom is -0.383 e. The topological polar surface area (TPSA) is 73.1 Å². The van der Waals surface area contributed by atoms with Gasteiger partial charge in [0.15, 0.2) is 0 Å². The average molecular weight is 287 g/mol. The lowest BCUT2D eigenvalue weighted by Gasteiger charge is -2.35. The standard InChI is InChI=1S/C10H15BrN4O/c1-2-16-7-3-6(4-7)13-10-14-8(11)5-9(12)15-10/h5-7H,2-4H2,1H3,(H3,12,13,14,15). The second-order valence-electron chi connectivity index (χ2n) is 3.83. The molecule has 0 aromatic carbocycles. The van der Waals surface area contributed by atoms with Crippen LogP contribution in [-0.2, 0) is 4.74 Å². The molecule has 5 nitrogen and oxygen atoms in total. The van der Waals surface area contributed by atoms with E-state index in [9.17, 15) is 0 Å². The van der Waals surface area contributed by atoms with Gasteiger partial charge in [0, 0.05) is 18.7 Å². The minimum atomic E-state index is 0.381. The summed E-state index contributed by atoms with van der Waals surface area (Å²) in [6.45, 7) is 2.79. The number of hydrogen-bond acceptors (Lipinski definition) is 5. The van der Waals surface area contributed by atoms with Gasteiger partial charge in [0.25, 0.3) is 0 Å². The molecule has 16 heavy (non-hydrogen) atoms. The average Bonchev–Trinajstić information content (AvgIpc) is 2.13. The van der Waals surface area contributed by atoms with E-state index in [1.165, 1.54) is 0 Å². The van der Waals surface area contributed by atoms with Crippen molar-refractivity contribution in [3.05, 3.63) is 10.7 Å². The lowest BCUT2D eigenvalue weighted by molar-refractivity contribution is 0.00285. The molecule has 0 bridgehead atoms. The highest BCUT2D eigenvalue weighted by molar-refractivity contribution is 9.10. The number of rotatable bonds is 4. The van der Waals surface area contributed by atoms with Crippen molar-refractivity contribution < 1.29 is 4.74 Å². The molecular formula is C10H15BrN4O. The fraction of sp³-hybridized carbons (Fsp3) is 0.600. The third-order valence-electron chi connectivity index (χ3n) is 2.55. The molecule has 1 aromatic heterocycles. The Kier molecular flexibility index (Phi) is 3.60. The Hall–Kier alpha value is -0.880. The van der Waals surface area contributed by atoms with E-state index in [2.05, 4.69) is 31.2 Å². The number of anilines is 2. The van der Waals surface area contributed by atoms with Gasteiger partial charge in [-0.25, -0.2) is 4.98 Å². The number of hydrogen-bond donors (Lipinski definition) is 2. The van der Waals surface area contributed by atoms with E-state index >= 15 is 0 Å². The predicted octanol–water partition coefficient (Wildman–Crippen LogP) is 1.80. The largest absolute Gasteiger partial charge is 0.383 e. The summed E-state index contributed by atoms with van der Waals surface area (Å²) in [5.41, 5.74) is 5.62. The Morgan fingerprint density at radius 1 is 1.56 bits per heavy atom. The van der Waals surface area contributed by atoms with Crippen molar-refractivity contribution in [3.63, 3.8) is 0 Å². The van der Waals surface area contributed by atoms with E-state index in [0.717, 1.165) is 19.4 Å². The molecule has 0 atom stereocenters. The summed E-state index contributed by atoms with van der Waals surface area (Å²) in [6.07, 6.45) is 2.39. The van der Waals surface area contributed by atoms with Gasteiger partial charge in [0.05, 0.1) is 6.10 Å². The van der Waals surface area contributed by atoms with Crippen LogP contribution >= 0.6 is 15.9 Å². The van der Waals surface area contributed by atoms with Crippen molar-refractivity contribution in [1.29, 1.82) is 0 Å². The molecule has 2 rings (SSSR count). The normalized spacial score (nSPS) is 23.9. The number of ether oxygens (including phenoxy) is 1. The Labute approximate surface area is 103 Å². The maximum atomic E-state index is 5.62. The maximum Gasteiger partial charge on any atom is 0.225 e. The summed E-state index contributed by atoms with van der Waals surface area (Å²) in [4.78, 5) is 8.31. The zero-order valence-corrected chi connectivity index (χ0v) is 10.7. The first-order valence-corrected chi connectivity index (χ1v) is 6.15. The van der Waals surface area contributed by atoms with E-state index in [1.807, 2.05) is 6.92 Å². The third-order valence-corrected chi connectivity index (χ3v) is 2.95. The Morgan fingerprint density at radius 3 is 2.94 bits per heavy atom. The Morgan fingerprint density at radius 2 is 2.31 bits per heavy atom. The fourth-order valence-electron chi connectivity index (χ4n) is 1.74. The number of aromatic nitrogens is 2. The Bertz CT molecular complexity index is 348. The van der Waals surface area contributed by atoms with Gasteiger partial charge in [-0.15, -0.1) is 0 Å². The van der Waals surface area contributed by atoms with E-state index in [1.54, 1.807) is 6.07 Å². The summed E-state index contributed by atoms with van der Waals surface area (Å²) in [5, 5.41) is 3.24. The van der Waals surface area contributed by atoms with Crippen LogP contribution in [0.15, 0.2) is 10.7 Å². The molecule has 3 N–H and O–H groups in total. The van der Waals surface area contributed by atoms with Gasteiger partial charge in [-0.05, 0) is 35.7 Å². The number of halogens is 1. The number of nitrogens with one attached hydrogen (secondary N) is 1. The van der Waals surface area contributed by atoms with Crippen molar-refractivity contribution in [2.24, 2.45) is 0 Å². The van der Waals surface area contributed by atoms with E-state index in [-0.39, 0.29) is 0 Å². The zero-order valence-electron chi connectivity index (χ0n) is 9.11. The molecule has 1 aliphatic carbocycles. The van der Waals surface area contributed by atoms with Crippen molar-refractivity contribution in [2.75, 3.05) is 17.7 Å². The predicted molar refractivity (Wildman–Crippen MR) is 66.2 cm³/mol. The van der Waals surface area contributed by atoms with Crippen molar-refractivity contribution in [1.82, 2.24) is 9.97 Å². The summed E-state index contributed by atoms with van der Waals surface area (Å²) < 4.78 is 6.18. The summed E-state index contributed by atoms with van der Waals surface area (Å²) in [7, 11) is 0. The minimum absolute atomic E-state index is 0.381. The number of nitrogen functional groups attached to an aromatic ring is 1. The first-order chi connectivity index (χ1) is 7.67. The van der Waals surface area contributed by atoms with Gasteiger partial charge in [-0.3, -0.25) is 0 Å². The molecule has 0 radical (unpaired) electrons. The van der Waals surface area contributed by atoms with E-state index < -0.39 is 0 Å². The molecule has 0 aliphatic heterocycles. The van der Waals surface area contributed by atoms with Crippen LogP contribution in [0.3, 0.4) is 0 Å². The first-order valence-electron chi connectivity index (χ1n) is 5.35. The van der Waals surface area contributed by atoms with Crippen LogP contribution in [0.1, 0.15) is 19.8 Å². The van der Waals surface area contributed by atoms with Crippen LogP contribution in [0.4, 0.5) is 11.8 Å². The molecule has 1 heterocycles. The molecule has 1 saturated carbocycles. The summed E-state index contributed by atoms with van der Waals surface area (Å²) in [5.74, 6) is 1.04. The first kappa shape index (κ1) is 11.6. The molecule has 88 valence electrons. The zero-order chi connectivity index (χ0) is 11.5. The van der Waals surface area contributed by atoms with Gasteiger partial charge in [-0.2, -0.15) is 4.98 Å². The van der Waals surface area contributed by atoms with Gasteiger partial charge in [0.2, 0.25) is 5.95 Å². The molecular weight excluding hydrogens is 272 g/mol. The van der Waals surface area contributed by atoms with Gasteiger partial charge in [0.1, 0.15) is 10.4 Å². The van der Waals surface area contributed by atoms with Crippen LogP contribution in [-0.4, -0.2) is 28.7 Å². The van der Waals surface area contributed by atoms with Crippen molar-refractivity contribution in [3.8, 4) is 0 Å². The van der Waals surface area contributed by atoms with Crippen LogP contribution in [0.2, 0.25) is 0 Å². The second kappa shape index (κ2) is 4.97. The van der Waals surface area contributed by atoms with Gasteiger partial charge < -0.3 is 15.8 Å². The fourth-order valence-corrected chi connectivity index (χ4v) is 2.14. The molecule has 6 heteroatoms. The highest BCUT2D eigenvalue weighted by Crippen LogP contribution is 2.26. The van der Waals surface area contributed by atoms with Crippen LogP contribution in [0, 0.1) is 0 Å². The van der Waals surface area contributed by atoms with Crippen molar-refractivity contribution in [2.45, 2.75) is 31.9 Å². The van der Waals surface area contributed by atoms with Crippen molar-refractivity contribution >= 4 is 27.7 Å². The molecule has 0 unspecified atom stereocenters. The monoisotopic (exact) mass is 286 g/mol. The Balaban J connectivity index is 1.86. The number of nitrogens with two attached hydrogens (primary N) is 1. The van der Waals surface area contributed by atoms with Gasteiger partial charge in [-0.1, -0.05) is 0 Å². The molecule has 0 spiro atoms. The van der Waals surface area contributed by atoms with Gasteiger partial charge >= 0.3 is 0 Å². The third kappa shape index (κ3) is 2.82. The lowest BCUT2D eigenvalue weighted by atomic mass is 9.89. The molecule has 1 fully saturated rings. The second-order valence-corrected chi connectivity index (χ2v) is 4.64. The molecule has 1 aliphatic rings. The molecule has 1 aromatic rings. The van der Waals surface area contributed by atoms with E-state index in [0.29, 0.717) is 28.5 Å². The summed E-state index contributed by atoms with van der Waals surface area (Å²) in [6, 6.07) is 2.07. The maximum absolute atomic E-state index is 5.62. The lowest BCUT2D eigenvalue weighted by Crippen LogP contribution is -2.41. The molecule has 0 amide bonds. The SMILES string of the molecule is CCOC1CC(Nc2nc(N)cc(Br)n2)C1. The smallest absolute Gasteiger partial charge is 0.225 e. The summed E-state index contributed by atoms with van der Waals surface area (Å²) >= 11 is 3.28.